The van der Waals surface area contributed by atoms with Gasteiger partial charge in [0, 0.05) is 5.02 Å². The maximum Gasteiger partial charge on any atom is 0.276 e. The normalized spacial score (nSPS) is 10.1. The fourth-order valence-electron chi connectivity index (χ4n) is 2.03. The van der Waals surface area contributed by atoms with Gasteiger partial charge in [-0.3, -0.25) is 20.4 Å². The van der Waals surface area contributed by atoms with E-state index in [1.165, 1.54) is 12.1 Å². The first-order valence-corrected chi connectivity index (χ1v) is 7.53. The molecule has 0 atom stereocenters. The molecule has 3 N–H and O–H groups in total. The molecule has 2 rings (SSSR count). The van der Waals surface area contributed by atoms with E-state index >= 15 is 0 Å². The van der Waals surface area contributed by atoms with Gasteiger partial charge in [-0.2, -0.15) is 0 Å². The number of rotatable bonds is 4. The van der Waals surface area contributed by atoms with Gasteiger partial charge in [-0.15, -0.1) is 0 Å². The lowest BCUT2D eigenvalue weighted by Crippen LogP contribution is -2.43. The molecule has 0 spiro atoms. The molecule has 0 aliphatic heterocycles. The lowest BCUT2D eigenvalue weighted by molar-refractivity contribution is -0.123. The molecule has 0 bridgehead atoms. The molecule has 0 saturated heterocycles. The van der Waals surface area contributed by atoms with Gasteiger partial charge in [0.05, 0.1) is 5.56 Å². The van der Waals surface area contributed by atoms with Gasteiger partial charge < -0.3 is 9.84 Å². The Morgan fingerprint density at radius 3 is 2.38 bits per heavy atom. The maximum absolute atomic E-state index is 11.8. The van der Waals surface area contributed by atoms with Crippen molar-refractivity contribution in [2.45, 2.75) is 13.8 Å². The van der Waals surface area contributed by atoms with Crippen LogP contribution in [0, 0.1) is 13.8 Å². The van der Waals surface area contributed by atoms with Gasteiger partial charge in [0.2, 0.25) is 0 Å². The number of para-hydroxylation sites is 1. The van der Waals surface area contributed by atoms with E-state index in [2.05, 4.69) is 10.9 Å². The van der Waals surface area contributed by atoms with Crippen molar-refractivity contribution < 1.29 is 19.4 Å². The molecule has 0 radical (unpaired) electrons. The van der Waals surface area contributed by atoms with Gasteiger partial charge >= 0.3 is 0 Å². The SMILES string of the molecule is Cc1cc(OCC(=O)NNC(=O)c2ccccc2O)cc(C)c1Cl. The Hall–Kier alpha value is -2.73. The Kier molecular flexibility index (Phi) is 5.65. The number of halogens is 1. The summed E-state index contributed by atoms with van der Waals surface area (Å²) in [6, 6.07) is 9.46. The Morgan fingerprint density at radius 2 is 1.75 bits per heavy atom. The maximum atomic E-state index is 11.8. The number of phenols is 1. The van der Waals surface area contributed by atoms with Crippen LogP contribution in [0.4, 0.5) is 0 Å². The number of nitrogens with one attached hydrogen (secondary N) is 2. The van der Waals surface area contributed by atoms with E-state index in [9.17, 15) is 14.7 Å². The third-order valence-electron chi connectivity index (χ3n) is 3.24. The minimum atomic E-state index is -0.625. The topological polar surface area (TPSA) is 87.7 Å². The molecule has 2 aromatic rings. The lowest BCUT2D eigenvalue weighted by atomic mass is 10.1. The Morgan fingerprint density at radius 1 is 1.12 bits per heavy atom. The number of hydrogen-bond donors (Lipinski definition) is 3. The number of benzene rings is 2. The van der Waals surface area contributed by atoms with Crippen molar-refractivity contribution in [3.63, 3.8) is 0 Å². The molecule has 0 aliphatic rings. The van der Waals surface area contributed by atoms with Crippen molar-refractivity contribution in [3.05, 3.63) is 58.1 Å². The molecule has 2 aromatic carbocycles. The van der Waals surface area contributed by atoms with Crippen molar-refractivity contribution in [3.8, 4) is 11.5 Å². The first kappa shape index (κ1) is 17.6. The second-order valence-electron chi connectivity index (χ2n) is 5.18. The molecule has 6 nitrogen and oxygen atoms in total. The zero-order valence-electron chi connectivity index (χ0n) is 13.2. The first-order valence-electron chi connectivity index (χ1n) is 7.15. The molecule has 0 saturated carbocycles. The second kappa shape index (κ2) is 7.70. The van der Waals surface area contributed by atoms with Gasteiger partial charge in [0.15, 0.2) is 6.61 Å². The molecule has 0 aromatic heterocycles. The molecule has 2 amide bonds. The van der Waals surface area contributed by atoms with Crippen molar-refractivity contribution in [2.75, 3.05) is 6.61 Å². The highest BCUT2D eigenvalue weighted by Crippen LogP contribution is 2.25. The zero-order valence-corrected chi connectivity index (χ0v) is 14.0. The van der Waals surface area contributed by atoms with Gasteiger partial charge in [0.1, 0.15) is 11.5 Å². The summed E-state index contributed by atoms with van der Waals surface area (Å²) in [6.45, 7) is 3.41. The summed E-state index contributed by atoms with van der Waals surface area (Å²) in [6.07, 6.45) is 0. The largest absolute Gasteiger partial charge is 0.507 e. The number of hydrazine groups is 1. The number of amides is 2. The van der Waals surface area contributed by atoms with E-state index in [0.717, 1.165) is 11.1 Å². The number of ether oxygens (including phenoxy) is 1. The van der Waals surface area contributed by atoms with Crippen LogP contribution < -0.4 is 15.6 Å². The summed E-state index contributed by atoms with van der Waals surface area (Å²) in [5, 5.41) is 10.2. The number of aryl methyl sites for hydroxylation is 2. The molecule has 7 heteroatoms. The van der Waals surface area contributed by atoms with Crippen LogP contribution in [-0.2, 0) is 4.79 Å². The number of aromatic hydroxyl groups is 1. The van der Waals surface area contributed by atoms with Gasteiger partial charge in [-0.25, -0.2) is 0 Å². The highest BCUT2D eigenvalue weighted by atomic mass is 35.5. The predicted molar refractivity (Wildman–Crippen MR) is 90.1 cm³/mol. The number of hydrogen-bond acceptors (Lipinski definition) is 4. The summed E-state index contributed by atoms with van der Waals surface area (Å²) in [7, 11) is 0. The summed E-state index contributed by atoms with van der Waals surface area (Å²) >= 11 is 6.07. The lowest BCUT2D eigenvalue weighted by Gasteiger charge is -2.11. The monoisotopic (exact) mass is 348 g/mol. The van der Waals surface area contributed by atoms with E-state index in [1.54, 1.807) is 24.3 Å². The molecule has 0 heterocycles. The average Bonchev–Trinajstić information content (AvgIpc) is 2.56. The second-order valence-corrected chi connectivity index (χ2v) is 5.56. The highest BCUT2D eigenvalue weighted by molar-refractivity contribution is 6.32. The van der Waals surface area contributed by atoms with Crippen molar-refractivity contribution in [1.82, 2.24) is 10.9 Å². The Bertz CT molecular complexity index is 754. The van der Waals surface area contributed by atoms with Crippen LogP contribution in [0.15, 0.2) is 36.4 Å². The fraction of sp³-hybridized carbons (Fsp3) is 0.176. The molecule has 0 fully saturated rings. The Balaban J connectivity index is 1.86. The summed E-state index contributed by atoms with van der Waals surface area (Å²) in [5.74, 6) is -0.826. The first-order chi connectivity index (χ1) is 11.4. The third-order valence-corrected chi connectivity index (χ3v) is 3.84. The zero-order chi connectivity index (χ0) is 17.7. The molecule has 126 valence electrons. The fourth-order valence-corrected chi connectivity index (χ4v) is 2.14. The minimum Gasteiger partial charge on any atom is -0.507 e. The molecule has 24 heavy (non-hydrogen) atoms. The number of phenolic OH excluding ortho intramolecular Hbond substituents is 1. The van der Waals surface area contributed by atoms with Gasteiger partial charge in [0.25, 0.3) is 11.8 Å². The van der Waals surface area contributed by atoms with Crippen LogP contribution in [0.1, 0.15) is 21.5 Å². The van der Waals surface area contributed by atoms with Crippen molar-refractivity contribution >= 4 is 23.4 Å². The van der Waals surface area contributed by atoms with E-state index in [1.807, 2.05) is 13.8 Å². The summed E-state index contributed by atoms with van der Waals surface area (Å²) in [5.41, 5.74) is 6.18. The number of carbonyl (C=O) groups excluding carboxylic acids is 2. The molecule has 0 aliphatic carbocycles. The highest BCUT2D eigenvalue weighted by Gasteiger charge is 2.11. The van der Waals surface area contributed by atoms with Crippen molar-refractivity contribution in [1.29, 1.82) is 0 Å². The van der Waals surface area contributed by atoms with Crippen LogP contribution in [0.3, 0.4) is 0 Å². The smallest absolute Gasteiger partial charge is 0.276 e. The van der Waals surface area contributed by atoms with Crippen LogP contribution in [0.25, 0.3) is 0 Å². The van der Waals surface area contributed by atoms with Crippen LogP contribution >= 0.6 is 11.6 Å². The Labute approximate surface area is 144 Å². The van der Waals surface area contributed by atoms with E-state index in [0.29, 0.717) is 10.8 Å². The standard InChI is InChI=1S/C17H17ClN2O4/c1-10-7-12(8-11(2)16(10)18)24-9-15(22)19-20-17(23)13-5-3-4-6-14(13)21/h3-8,21H,9H2,1-2H3,(H,19,22)(H,20,23). The quantitative estimate of drug-likeness (QED) is 0.741. The van der Waals surface area contributed by atoms with Crippen LogP contribution in [-0.4, -0.2) is 23.5 Å². The van der Waals surface area contributed by atoms with Gasteiger partial charge in [-0.1, -0.05) is 23.7 Å². The number of carbonyl (C=O) groups is 2. The predicted octanol–water partition coefficient (Wildman–Crippen LogP) is 2.50. The minimum absolute atomic E-state index is 0.0580. The molecular weight excluding hydrogens is 332 g/mol. The van der Waals surface area contributed by atoms with Gasteiger partial charge in [-0.05, 0) is 49.2 Å². The molecule has 0 unspecified atom stereocenters. The third kappa shape index (κ3) is 4.39. The summed E-state index contributed by atoms with van der Waals surface area (Å²) < 4.78 is 5.37. The van der Waals surface area contributed by atoms with E-state index in [4.69, 9.17) is 16.3 Å². The van der Waals surface area contributed by atoms with Crippen LogP contribution in [0.2, 0.25) is 5.02 Å². The molecular formula is C17H17ClN2O4. The van der Waals surface area contributed by atoms with E-state index < -0.39 is 11.8 Å². The summed E-state index contributed by atoms with van der Waals surface area (Å²) in [4.78, 5) is 23.6. The van der Waals surface area contributed by atoms with Crippen molar-refractivity contribution in [2.24, 2.45) is 0 Å². The van der Waals surface area contributed by atoms with Crippen LogP contribution in [0.5, 0.6) is 11.5 Å². The average molecular weight is 349 g/mol. The van der Waals surface area contributed by atoms with E-state index in [-0.39, 0.29) is 17.9 Å².